The molecule has 270 valence electrons. The van der Waals surface area contributed by atoms with Gasteiger partial charge in [0.1, 0.15) is 0 Å². The van der Waals surface area contributed by atoms with E-state index in [1.165, 1.54) is 71.9 Å². The zero-order chi connectivity index (χ0) is 34.4. The Hall–Kier alpha value is -2.31. The molecule has 4 saturated carbocycles. The quantitative estimate of drug-likeness (QED) is 0.166. The van der Waals surface area contributed by atoms with Gasteiger partial charge in [0, 0.05) is 0 Å². The van der Waals surface area contributed by atoms with Crippen LogP contribution >= 0.6 is 24.8 Å². The second-order valence-corrected chi connectivity index (χ2v) is 24.5. The Morgan fingerprint density at radius 2 is 1.21 bits per heavy atom. The van der Waals surface area contributed by atoms with Crippen LogP contribution in [0.2, 0.25) is 0 Å². The van der Waals surface area contributed by atoms with Crippen molar-refractivity contribution in [2.24, 2.45) is 23.2 Å². The van der Waals surface area contributed by atoms with Gasteiger partial charge in [-0.2, -0.15) is 0 Å². The summed E-state index contributed by atoms with van der Waals surface area (Å²) in [6.07, 6.45) is 16.3. The molecular formula is C49H56Cl2Zr. The van der Waals surface area contributed by atoms with E-state index in [4.69, 9.17) is 0 Å². The maximum atomic E-state index is 2.68. The van der Waals surface area contributed by atoms with Crippen LogP contribution in [-0.2, 0) is 38.5 Å². The molecule has 10 rings (SSSR count). The number of benzene rings is 4. The normalized spacial score (nSPS) is 23.9. The Kier molecular flexibility index (Phi) is 10.3. The monoisotopic (exact) mass is 804 g/mol. The fourth-order valence-corrected chi connectivity index (χ4v) is 21.2. The third kappa shape index (κ3) is 6.48. The van der Waals surface area contributed by atoms with Crippen LogP contribution in [0.15, 0.2) is 112 Å². The van der Waals surface area contributed by atoms with E-state index in [2.05, 4.69) is 145 Å². The fraction of sp³-hybridized carbons (Fsp3) is 0.408. The minimum atomic E-state index is -2.95. The van der Waals surface area contributed by atoms with Crippen molar-refractivity contribution in [3.05, 3.63) is 145 Å². The third-order valence-electron chi connectivity index (χ3n) is 13.2. The van der Waals surface area contributed by atoms with Gasteiger partial charge in [0.05, 0.1) is 0 Å². The Morgan fingerprint density at radius 1 is 0.654 bits per heavy atom. The maximum Gasteiger partial charge on any atom is -0.147 e. The van der Waals surface area contributed by atoms with E-state index in [0.29, 0.717) is 5.41 Å². The summed E-state index contributed by atoms with van der Waals surface area (Å²) in [7, 11) is 0. The summed E-state index contributed by atoms with van der Waals surface area (Å²) in [5, 5.41) is 0. The van der Waals surface area contributed by atoms with Crippen LogP contribution < -0.4 is 3.27 Å². The number of rotatable bonds is 5. The standard InChI is InChI=1S/C21H25.C15H19.C13H10.2ClH.Zr/c1-20(2,3)16-7-9-18-14(12-16)11-15-13-17(21(4,5)6)8-10-19(15)18;1-2-4-14(3-1)15-8-11-5-12(9-15)7-13(6-11)10-15;1-3-7-12(8-4-1)11-13-9-5-2-6-10-13;;;/h7-10,12H,11H2,1-6H3;1,3,11-13H,2,5-10H2;1-10H;2*1H;. The van der Waals surface area contributed by atoms with Gasteiger partial charge >= 0.3 is 311 Å². The van der Waals surface area contributed by atoms with Gasteiger partial charge in [0.25, 0.3) is 0 Å². The van der Waals surface area contributed by atoms with Gasteiger partial charge in [-0.3, -0.25) is 0 Å². The molecule has 4 fully saturated rings. The van der Waals surface area contributed by atoms with E-state index < -0.39 is 21.3 Å². The van der Waals surface area contributed by atoms with E-state index in [9.17, 15) is 0 Å². The number of hydrogen-bond donors (Lipinski definition) is 0. The summed E-state index contributed by atoms with van der Waals surface area (Å²) < 4.78 is 5.36. The summed E-state index contributed by atoms with van der Waals surface area (Å²) >= 11 is -2.95. The molecule has 0 heterocycles. The number of allylic oxidation sites excluding steroid dienone is 4. The molecule has 0 spiro atoms. The predicted octanol–water partition coefficient (Wildman–Crippen LogP) is 12.6. The molecule has 6 aliphatic rings. The molecular weight excluding hydrogens is 751 g/mol. The summed E-state index contributed by atoms with van der Waals surface area (Å²) in [6.45, 7) is 14.5. The Morgan fingerprint density at radius 3 is 1.75 bits per heavy atom. The van der Waals surface area contributed by atoms with E-state index in [-0.39, 0.29) is 35.6 Å². The first-order chi connectivity index (χ1) is 24.0. The molecule has 0 radical (unpaired) electrons. The van der Waals surface area contributed by atoms with Crippen LogP contribution in [0.5, 0.6) is 0 Å². The van der Waals surface area contributed by atoms with Crippen molar-refractivity contribution in [3.63, 3.8) is 0 Å². The number of fused-ring (bicyclic) bond motifs is 3. The molecule has 0 unspecified atom stereocenters. The van der Waals surface area contributed by atoms with Crippen molar-refractivity contribution in [2.75, 3.05) is 0 Å². The topological polar surface area (TPSA) is 0 Å². The van der Waals surface area contributed by atoms with Gasteiger partial charge in [-0.15, -0.1) is 24.8 Å². The van der Waals surface area contributed by atoms with Gasteiger partial charge in [-0.05, 0) is 0 Å². The predicted molar refractivity (Wildman–Crippen MR) is 224 cm³/mol. The number of halogens is 2. The van der Waals surface area contributed by atoms with Crippen molar-refractivity contribution in [2.45, 2.75) is 104 Å². The van der Waals surface area contributed by atoms with Gasteiger partial charge in [-0.1, -0.05) is 0 Å². The molecule has 4 aromatic rings. The Bertz CT molecular complexity index is 2010. The fourth-order valence-electron chi connectivity index (χ4n) is 11.4. The summed E-state index contributed by atoms with van der Waals surface area (Å²) in [6, 6.07) is 35.8. The molecule has 0 aromatic heterocycles. The van der Waals surface area contributed by atoms with Gasteiger partial charge < -0.3 is 0 Å². The first-order valence-electron chi connectivity index (χ1n) is 19.5. The van der Waals surface area contributed by atoms with E-state index in [1.54, 1.807) is 17.6 Å². The first-order valence-corrected chi connectivity index (χ1v) is 23.2. The molecule has 52 heavy (non-hydrogen) atoms. The van der Waals surface area contributed by atoms with E-state index >= 15 is 0 Å². The minimum absolute atomic E-state index is 0. The van der Waals surface area contributed by atoms with Crippen molar-refractivity contribution >= 4 is 31.3 Å². The zero-order valence-corrected chi connectivity index (χ0v) is 36.1. The van der Waals surface area contributed by atoms with Crippen LogP contribution in [0.3, 0.4) is 0 Å². The molecule has 0 amide bonds. The van der Waals surface area contributed by atoms with Crippen LogP contribution in [0, 0.1) is 23.2 Å². The van der Waals surface area contributed by atoms with E-state index in [1.807, 2.05) is 8.85 Å². The molecule has 0 nitrogen and oxygen atoms in total. The van der Waals surface area contributed by atoms with Crippen molar-refractivity contribution in [1.82, 2.24) is 0 Å². The summed E-state index contributed by atoms with van der Waals surface area (Å²) in [4.78, 5) is 0. The van der Waals surface area contributed by atoms with E-state index in [0.717, 1.165) is 30.6 Å². The van der Waals surface area contributed by atoms with Crippen molar-refractivity contribution in [1.29, 1.82) is 0 Å². The third-order valence-corrected chi connectivity index (χ3v) is 21.1. The minimum Gasteiger partial charge on any atom is -0.147 e. The van der Waals surface area contributed by atoms with Crippen LogP contribution in [-0.4, -0.2) is 3.21 Å². The maximum absolute atomic E-state index is 2.95. The van der Waals surface area contributed by atoms with Gasteiger partial charge in [0.2, 0.25) is 0 Å². The average molecular weight is 807 g/mol. The molecule has 0 aliphatic heterocycles. The SMILES string of the molecule is CC(C)(C)c1ccc2c(c1)Cc1c-2ccc(C(C)(C)C)[c]1[Zr]([C]1=C(C23CC4CC(CC(C4)C2)C3)C=CC1)=[C](c1ccccc1)c1ccccc1.Cl.Cl. The number of hydrogen-bond acceptors (Lipinski definition) is 0. The van der Waals surface area contributed by atoms with Gasteiger partial charge in [0.15, 0.2) is 0 Å². The van der Waals surface area contributed by atoms with Crippen molar-refractivity contribution in [3.8, 4) is 11.1 Å². The summed E-state index contributed by atoms with van der Waals surface area (Å²) in [5.74, 6) is 2.83. The van der Waals surface area contributed by atoms with Crippen LogP contribution in [0.1, 0.15) is 120 Å². The Balaban J connectivity index is 0.00000210. The molecule has 4 bridgehead atoms. The second kappa shape index (κ2) is 14.1. The molecule has 3 heteroatoms. The first kappa shape index (κ1) is 38.0. The smallest absolute Gasteiger partial charge is 0.147 e. The molecule has 6 aliphatic carbocycles. The van der Waals surface area contributed by atoms with Crippen LogP contribution in [0.4, 0.5) is 0 Å². The molecule has 4 aromatic carbocycles. The largest absolute Gasteiger partial charge is 0.147 e. The average Bonchev–Trinajstić information content (AvgIpc) is 3.72. The van der Waals surface area contributed by atoms with Crippen LogP contribution in [0.25, 0.3) is 11.1 Å². The molecule has 0 saturated heterocycles. The molecule has 0 atom stereocenters. The second-order valence-electron chi connectivity index (χ2n) is 18.7. The summed E-state index contributed by atoms with van der Waals surface area (Å²) in [5.41, 5.74) is 14.5. The zero-order valence-electron chi connectivity index (χ0n) is 32.0. The van der Waals surface area contributed by atoms with Crippen molar-refractivity contribution < 1.29 is 21.3 Å². The molecule has 0 N–H and O–H groups in total. The van der Waals surface area contributed by atoms with Gasteiger partial charge in [-0.25, -0.2) is 0 Å². The Labute approximate surface area is 333 Å².